The first-order valence-corrected chi connectivity index (χ1v) is 10.8. The van der Waals surface area contributed by atoms with E-state index in [0.29, 0.717) is 38.5 Å². The van der Waals surface area contributed by atoms with Crippen LogP contribution in [0.3, 0.4) is 0 Å². The average Bonchev–Trinajstić information content (AvgIpc) is 2.70. The van der Waals surface area contributed by atoms with Crippen LogP contribution >= 0.6 is 0 Å². The number of nitrogens with one attached hydrogen (secondary N) is 1. The number of benzene rings is 2. The summed E-state index contributed by atoms with van der Waals surface area (Å²) in [6.07, 6.45) is 0. The van der Waals surface area contributed by atoms with Gasteiger partial charge in [-0.3, -0.25) is 0 Å². The summed E-state index contributed by atoms with van der Waals surface area (Å²) in [4.78, 5) is 1.44. The molecule has 0 spiro atoms. The second kappa shape index (κ2) is 8.89. The van der Waals surface area contributed by atoms with E-state index in [1.165, 1.54) is 33.5 Å². The molecule has 1 saturated heterocycles. The van der Waals surface area contributed by atoms with Crippen molar-refractivity contribution in [3.8, 4) is 11.5 Å². The van der Waals surface area contributed by atoms with E-state index < -0.39 is 15.8 Å². The van der Waals surface area contributed by atoms with Crippen LogP contribution in [0.2, 0.25) is 0 Å². The Morgan fingerprint density at radius 3 is 2.36 bits per heavy atom. The molecule has 1 aliphatic heterocycles. The molecule has 0 atom stereocenters. The number of hydrogen-bond acceptors (Lipinski definition) is 4. The summed E-state index contributed by atoms with van der Waals surface area (Å²) in [7, 11) is -1.96. The van der Waals surface area contributed by atoms with E-state index in [0.717, 1.165) is 17.9 Å². The molecular weight excluding hydrogens is 383 g/mol. The van der Waals surface area contributed by atoms with E-state index in [9.17, 15) is 12.8 Å². The van der Waals surface area contributed by atoms with Crippen LogP contribution in [0.1, 0.15) is 12.5 Å². The molecule has 0 radical (unpaired) electrons. The fraction of sp³-hybridized carbons (Fsp3) is 0.400. The fourth-order valence-electron chi connectivity index (χ4n) is 3.36. The third-order valence-electron chi connectivity index (χ3n) is 4.86. The van der Waals surface area contributed by atoms with Gasteiger partial charge in [-0.1, -0.05) is 0 Å². The van der Waals surface area contributed by atoms with Crippen LogP contribution in [-0.2, 0) is 16.6 Å². The lowest BCUT2D eigenvalue weighted by Gasteiger charge is -2.31. The molecule has 2 aromatic carbocycles. The lowest BCUT2D eigenvalue weighted by Crippen LogP contribution is -3.13. The van der Waals surface area contributed by atoms with Crippen molar-refractivity contribution in [3.63, 3.8) is 0 Å². The molecule has 1 aliphatic rings. The summed E-state index contributed by atoms with van der Waals surface area (Å²) < 4.78 is 50.9. The van der Waals surface area contributed by atoms with Gasteiger partial charge in [0.05, 0.1) is 44.8 Å². The molecule has 0 aliphatic carbocycles. The molecule has 0 aromatic heterocycles. The molecule has 0 bridgehead atoms. The second-order valence-electron chi connectivity index (χ2n) is 6.70. The van der Waals surface area contributed by atoms with Gasteiger partial charge in [-0.2, -0.15) is 4.31 Å². The zero-order chi connectivity index (χ0) is 20.1. The second-order valence-corrected chi connectivity index (χ2v) is 8.64. The first-order chi connectivity index (χ1) is 13.4. The standard InChI is InChI=1S/C20H25FN2O4S/c1-3-27-19-9-4-16(14-20(19)26-2)15-22-10-12-23(13-11-22)28(24,25)18-7-5-17(21)6-8-18/h4-9,14H,3,10-13,15H2,1-2H3/p+1. The molecule has 8 heteroatoms. The summed E-state index contributed by atoms with van der Waals surface area (Å²) >= 11 is 0. The quantitative estimate of drug-likeness (QED) is 0.750. The zero-order valence-corrected chi connectivity index (χ0v) is 17.0. The highest BCUT2D eigenvalue weighted by molar-refractivity contribution is 7.89. The van der Waals surface area contributed by atoms with E-state index in [1.54, 1.807) is 7.11 Å². The number of sulfonamides is 1. The number of methoxy groups -OCH3 is 1. The monoisotopic (exact) mass is 409 g/mol. The SMILES string of the molecule is CCOc1ccc(C[NH+]2CCN(S(=O)(=O)c3ccc(F)cc3)CC2)cc1OC. The van der Waals surface area contributed by atoms with Gasteiger partial charge >= 0.3 is 0 Å². The Kier molecular flexibility index (Phi) is 6.53. The Morgan fingerprint density at radius 2 is 1.75 bits per heavy atom. The smallest absolute Gasteiger partial charge is 0.243 e. The number of ether oxygens (including phenoxy) is 2. The summed E-state index contributed by atoms with van der Waals surface area (Å²) in [6, 6.07) is 10.9. The van der Waals surface area contributed by atoms with Crippen LogP contribution in [0.15, 0.2) is 47.4 Å². The molecule has 28 heavy (non-hydrogen) atoms. The summed E-state index contributed by atoms with van der Waals surface area (Å²) in [5.74, 6) is 0.981. The van der Waals surface area contributed by atoms with Gasteiger partial charge in [-0.05, 0) is 49.4 Å². The molecule has 0 amide bonds. The van der Waals surface area contributed by atoms with Crippen molar-refractivity contribution in [2.24, 2.45) is 0 Å². The molecule has 152 valence electrons. The van der Waals surface area contributed by atoms with Gasteiger partial charge < -0.3 is 14.4 Å². The average molecular weight is 410 g/mol. The van der Waals surface area contributed by atoms with Gasteiger partial charge in [-0.15, -0.1) is 0 Å². The third-order valence-corrected chi connectivity index (χ3v) is 6.78. The number of hydrogen-bond donors (Lipinski definition) is 1. The molecule has 1 heterocycles. The topological polar surface area (TPSA) is 60.3 Å². The minimum Gasteiger partial charge on any atom is -0.493 e. The van der Waals surface area contributed by atoms with Crippen LogP contribution in [0.25, 0.3) is 0 Å². The zero-order valence-electron chi connectivity index (χ0n) is 16.2. The molecule has 1 fully saturated rings. The molecule has 0 unspecified atom stereocenters. The number of piperazine rings is 1. The third kappa shape index (κ3) is 4.63. The Morgan fingerprint density at radius 1 is 1.07 bits per heavy atom. The summed E-state index contributed by atoms with van der Waals surface area (Å²) in [5, 5.41) is 0. The minimum absolute atomic E-state index is 0.133. The number of quaternary nitrogens is 1. The van der Waals surface area contributed by atoms with Crippen LogP contribution in [0, 0.1) is 5.82 Å². The van der Waals surface area contributed by atoms with E-state index in [4.69, 9.17) is 9.47 Å². The summed E-state index contributed by atoms with van der Waals surface area (Å²) in [6.45, 7) is 5.56. The maximum atomic E-state index is 13.1. The maximum absolute atomic E-state index is 13.1. The minimum atomic E-state index is -3.58. The van der Waals surface area contributed by atoms with Crippen molar-refractivity contribution in [3.05, 3.63) is 53.8 Å². The van der Waals surface area contributed by atoms with Crippen molar-refractivity contribution in [1.29, 1.82) is 0 Å². The lowest BCUT2D eigenvalue weighted by molar-refractivity contribution is -0.917. The molecular formula is C20H26FN2O4S+. The fourth-order valence-corrected chi connectivity index (χ4v) is 4.80. The van der Waals surface area contributed by atoms with Crippen molar-refractivity contribution in [2.75, 3.05) is 39.9 Å². The normalized spacial score (nSPS) is 16.1. The largest absolute Gasteiger partial charge is 0.493 e. The highest BCUT2D eigenvalue weighted by Gasteiger charge is 2.30. The van der Waals surface area contributed by atoms with Crippen LogP contribution in [0.5, 0.6) is 11.5 Å². The maximum Gasteiger partial charge on any atom is 0.243 e. The Labute approximate surface area is 165 Å². The van der Waals surface area contributed by atoms with E-state index in [-0.39, 0.29) is 4.90 Å². The molecule has 3 rings (SSSR count). The van der Waals surface area contributed by atoms with Crippen molar-refractivity contribution < 1.29 is 27.2 Å². The molecule has 6 nitrogen and oxygen atoms in total. The van der Waals surface area contributed by atoms with Gasteiger partial charge in [0.25, 0.3) is 0 Å². The molecule has 0 saturated carbocycles. The molecule has 2 aromatic rings. The summed E-state index contributed by atoms with van der Waals surface area (Å²) in [5.41, 5.74) is 1.12. The van der Waals surface area contributed by atoms with Crippen LogP contribution < -0.4 is 14.4 Å². The van der Waals surface area contributed by atoms with Crippen molar-refractivity contribution >= 4 is 10.0 Å². The highest BCUT2D eigenvalue weighted by atomic mass is 32.2. The van der Waals surface area contributed by atoms with Gasteiger partial charge in [0.15, 0.2) is 11.5 Å². The van der Waals surface area contributed by atoms with Gasteiger partial charge in [-0.25, -0.2) is 12.8 Å². The van der Waals surface area contributed by atoms with E-state index in [2.05, 4.69) is 0 Å². The van der Waals surface area contributed by atoms with Crippen molar-refractivity contribution in [2.45, 2.75) is 18.4 Å². The molecule has 1 N–H and O–H groups in total. The van der Waals surface area contributed by atoms with Crippen LogP contribution in [-0.4, -0.2) is 52.6 Å². The Balaban J connectivity index is 1.62. The number of rotatable bonds is 7. The Bertz CT molecular complexity index is 895. The Hall–Kier alpha value is -2.16. The van der Waals surface area contributed by atoms with E-state index in [1.807, 2.05) is 25.1 Å². The number of halogens is 1. The van der Waals surface area contributed by atoms with Gasteiger partial charge in [0, 0.05) is 5.56 Å². The first kappa shape index (κ1) is 20.6. The van der Waals surface area contributed by atoms with Crippen LogP contribution in [0.4, 0.5) is 4.39 Å². The van der Waals surface area contributed by atoms with Crippen molar-refractivity contribution in [1.82, 2.24) is 4.31 Å². The predicted octanol–water partition coefficient (Wildman–Crippen LogP) is 1.32. The van der Waals surface area contributed by atoms with Gasteiger partial charge in [0.1, 0.15) is 12.4 Å². The lowest BCUT2D eigenvalue weighted by atomic mass is 10.1. The number of nitrogens with zero attached hydrogens (tertiary/aromatic N) is 1. The highest BCUT2D eigenvalue weighted by Crippen LogP contribution is 2.27. The first-order valence-electron chi connectivity index (χ1n) is 9.33. The van der Waals surface area contributed by atoms with Gasteiger partial charge in [0.2, 0.25) is 10.0 Å². The predicted molar refractivity (Wildman–Crippen MR) is 104 cm³/mol. The van der Waals surface area contributed by atoms with E-state index >= 15 is 0 Å².